The van der Waals surface area contributed by atoms with Crippen molar-refractivity contribution in [3.8, 4) is 0 Å². The minimum atomic E-state index is -1.45. The maximum absolute atomic E-state index is 13.9. The minimum Gasteiger partial charge on any atom is -0.451 e. The van der Waals surface area contributed by atoms with Gasteiger partial charge in [-0.2, -0.15) is 0 Å². The molecule has 0 radical (unpaired) electrons. The van der Waals surface area contributed by atoms with E-state index in [2.05, 4.69) is 26.6 Å². The molecule has 2 aliphatic rings. The van der Waals surface area contributed by atoms with E-state index in [0.717, 1.165) is 5.39 Å². The fraction of sp³-hybridized carbons (Fsp3) is 0.429. The van der Waals surface area contributed by atoms with Crippen LogP contribution in [-0.2, 0) is 24.0 Å². The number of amides is 6. The summed E-state index contributed by atoms with van der Waals surface area (Å²) in [5, 5.41) is 24.6. The minimum absolute atomic E-state index is 0.0113. The lowest BCUT2D eigenvalue weighted by molar-refractivity contribution is -0.143. The van der Waals surface area contributed by atoms with E-state index >= 15 is 0 Å². The molecule has 5 rings (SSSR count). The summed E-state index contributed by atoms with van der Waals surface area (Å²) in [6.45, 7) is 4.31. The maximum atomic E-state index is 13.9. The van der Waals surface area contributed by atoms with Crippen molar-refractivity contribution < 1.29 is 38.3 Å². The van der Waals surface area contributed by atoms with Gasteiger partial charge in [0.05, 0.1) is 19.1 Å². The van der Waals surface area contributed by atoms with E-state index < -0.39 is 78.3 Å². The third-order valence-electron chi connectivity index (χ3n) is 8.69. The first-order chi connectivity index (χ1) is 23.4. The SMILES string of the molecule is CC(C)C[C@@H]1NC(=O)C[C@H](c2ccccc2)NC(=O)[C@H](C)NC(=O)[C@@H]2C[C@H](NC(=O)c3cc4ccccc4o3)CN2C(=O)[C@@H](CO)NC1=O. The highest BCUT2D eigenvalue weighted by molar-refractivity contribution is 5.98. The molecule has 6 atom stereocenters. The molecule has 2 saturated heterocycles. The van der Waals surface area contributed by atoms with Crippen molar-refractivity contribution in [1.82, 2.24) is 31.5 Å². The van der Waals surface area contributed by atoms with Crippen LogP contribution in [0.25, 0.3) is 11.0 Å². The summed E-state index contributed by atoms with van der Waals surface area (Å²) in [7, 11) is 0. The van der Waals surface area contributed by atoms with Gasteiger partial charge in [-0.05, 0) is 43.4 Å². The first kappa shape index (κ1) is 35.1. The summed E-state index contributed by atoms with van der Waals surface area (Å²) in [5.74, 6) is -3.74. The third-order valence-corrected chi connectivity index (χ3v) is 8.69. The second-order valence-corrected chi connectivity index (χ2v) is 13.0. The number of nitrogens with zero attached hydrogens (tertiary/aromatic N) is 1. The average molecular weight is 675 g/mol. The van der Waals surface area contributed by atoms with E-state index in [1.54, 1.807) is 54.6 Å². The summed E-state index contributed by atoms with van der Waals surface area (Å²) in [5.41, 5.74) is 1.17. The molecule has 3 heterocycles. The van der Waals surface area contributed by atoms with Crippen LogP contribution in [0.4, 0.5) is 0 Å². The van der Waals surface area contributed by atoms with Crippen molar-refractivity contribution in [2.45, 2.75) is 76.3 Å². The normalized spacial score (nSPS) is 25.7. The number of rotatable bonds is 6. The number of aliphatic hydroxyl groups excluding tert-OH is 1. The fourth-order valence-corrected chi connectivity index (χ4v) is 6.19. The van der Waals surface area contributed by atoms with Gasteiger partial charge in [-0.25, -0.2) is 0 Å². The van der Waals surface area contributed by atoms with Crippen LogP contribution in [0, 0.1) is 5.92 Å². The number of fused-ring (bicyclic) bond motifs is 2. The molecule has 260 valence electrons. The predicted molar refractivity (Wildman–Crippen MR) is 178 cm³/mol. The molecule has 6 N–H and O–H groups in total. The average Bonchev–Trinajstić information content (AvgIpc) is 3.71. The highest BCUT2D eigenvalue weighted by Gasteiger charge is 2.44. The maximum Gasteiger partial charge on any atom is 0.287 e. The number of hydrogen-bond donors (Lipinski definition) is 6. The molecular formula is C35H42N6O8. The Morgan fingerprint density at radius 1 is 0.918 bits per heavy atom. The Bertz CT molecular complexity index is 1680. The first-order valence-corrected chi connectivity index (χ1v) is 16.4. The molecule has 3 aromatic rings. The van der Waals surface area contributed by atoms with Crippen LogP contribution in [-0.4, -0.2) is 88.8 Å². The third kappa shape index (κ3) is 8.44. The van der Waals surface area contributed by atoms with Crippen LogP contribution in [0.15, 0.2) is 65.1 Å². The molecule has 0 saturated carbocycles. The molecule has 2 aromatic carbocycles. The predicted octanol–water partition coefficient (Wildman–Crippen LogP) is 0.906. The zero-order valence-corrected chi connectivity index (χ0v) is 27.6. The Morgan fingerprint density at radius 2 is 1.63 bits per heavy atom. The van der Waals surface area contributed by atoms with Crippen molar-refractivity contribution in [2.75, 3.05) is 13.2 Å². The largest absolute Gasteiger partial charge is 0.451 e. The van der Waals surface area contributed by atoms with Gasteiger partial charge in [0.1, 0.15) is 29.8 Å². The Balaban J connectivity index is 1.43. The summed E-state index contributed by atoms with van der Waals surface area (Å²) in [6, 6.07) is 11.3. The summed E-state index contributed by atoms with van der Waals surface area (Å²) in [4.78, 5) is 82.2. The molecule has 2 aliphatic heterocycles. The highest BCUT2D eigenvalue weighted by atomic mass is 16.3. The van der Waals surface area contributed by atoms with E-state index in [1.807, 2.05) is 19.9 Å². The van der Waals surface area contributed by atoms with Gasteiger partial charge in [0.2, 0.25) is 29.5 Å². The van der Waals surface area contributed by atoms with Gasteiger partial charge in [-0.3, -0.25) is 28.8 Å². The van der Waals surface area contributed by atoms with Crippen molar-refractivity contribution in [1.29, 1.82) is 0 Å². The van der Waals surface area contributed by atoms with Crippen molar-refractivity contribution >= 4 is 46.4 Å². The summed E-state index contributed by atoms with van der Waals surface area (Å²) in [6.07, 6.45) is 0.0142. The lowest BCUT2D eigenvalue weighted by atomic mass is 10.00. The molecule has 49 heavy (non-hydrogen) atoms. The van der Waals surface area contributed by atoms with Crippen LogP contribution >= 0.6 is 0 Å². The summed E-state index contributed by atoms with van der Waals surface area (Å²) < 4.78 is 5.68. The van der Waals surface area contributed by atoms with E-state index in [0.29, 0.717) is 11.1 Å². The van der Waals surface area contributed by atoms with Crippen LogP contribution in [0.1, 0.15) is 62.2 Å². The Labute approximate surface area is 283 Å². The quantitative estimate of drug-likeness (QED) is 0.222. The van der Waals surface area contributed by atoms with E-state index in [1.165, 1.54) is 11.8 Å². The first-order valence-electron chi connectivity index (χ1n) is 16.4. The molecule has 2 fully saturated rings. The van der Waals surface area contributed by atoms with E-state index in [-0.39, 0.29) is 37.5 Å². The molecule has 1 aromatic heterocycles. The van der Waals surface area contributed by atoms with Gasteiger partial charge in [0.15, 0.2) is 5.76 Å². The van der Waals surface area contributed by atoms with E-state index in [4.69, 9.17) is 4.42 Å². The van der Waals surface area contributed by atoms with Gasteiger partial charge in [-0.15, -0.1) is 0 Å². The van der Waals surface area contributed by atoms with Crippen molar-refractivity contribution in [3.63, 3.8) is 0 Å². The molecule has 0 aliphatic carbocycles. The number of benzene rings is 2. The highest BCUT2D eigenvalue weighted by Crippen LogP contribution is 2.23. The summed E-state index contributed by atoms with van der Waals surface area (Å²) >= 11 is 0. The van der Waals surface area contributed by atoms with Crippen LogP contribution in [0.3, 0.4) is 0 Å². The number of furan rings is 1. The standard InChI is InChI=1S/C35H42N6O8/c1-19(2)13-25-32(45)40-26(18-42)35(48)41-17-23(37-34(47)29-14-22-11-7-8-12-28(22)49-29)15-27(41)33(46)36-20(3)31(44)39-24(16-30(43)38-25)21-9-5-4-6-10-21/h4-12,14,19-20,23-27,42H,13,15-18H2,1-3H3,(H,36,46)(H,37,47)(H,38,43)(H,39,44)(H,40,45)/t20-,23-,24+,25-,26+,27-/m0/s1. The van der Waals surface area contributed by atoms with Crippen LogP contribution in [0.5, 0.6) is 0 Å². The number of hydrogen-bond acceptors (Lipinski definition) is 8. The topological polar surface area (TPSA) is 199 Å². The number of para-hydroxylation sites is 1. The molecule has 0 spiro atoms. The fourth-order valence-electron chi connectivity index (χ4n) is 6.19. The van der Waals surface area contributed by atoms with Gasteiger partial charge in [0, 0.05) is 18.0 Å². The Hall–Kier alpha value is -5.24. The van der Waals surface area contributed by atoms with Gasteiger partial charge >= 0.3 is 0 Å². The zero-order chi connectivity index (χ0) is 35.2. The Morgan fingerprint density at radius 3 is 2.33 bits per heavy atom. The zero-order valence-electron chi connectivity index (χ0n) is 27.6. The van der Waals surface area contributed by atoms with Crippen LogP contribution in [0.2, 0.25) is 0 Å². The second kappa shape index (κ2) is 15.3. The van der Waals surface area contributed by atoms with E-state index in [9.17, 15) is 33.9 Å². The van der Waals surface area contributed by atoms with Gasteiger partial charge in [0.25, 0.3) is 5.91 Å². The number of aliphatic hydroxyl groups is 1. The lowest BCUT2D eigenvalue weighted by Gasteiger charge is -2.30. The number of nitrogens with one attached hydrogen (secondary N) is 5. The molecule has 0 unspecified atom stereocenters. The smallest absolute Gasteiger partial charge is 0.287 e. The van der Waals surface area contributed by atoms with Crippen molar-refractivity contribution in [2.24, 2.45) is 5.92 Å². The monoisotopic (exact) mass is 674 g/mol. The molecule has 14 nitrogen and oxygen atoms in total. The second-order valence-electron chi connectivity index (χ2n) is 13.0. The Kier molecular flexibility index (Phi) is 11.0. The van der Waals surface area contributed by atoms with Crippen molar-refractivity contribution in [3.05, 3.63) is 72.0 Å². The molecular weight excluding hydrogens is 632 g/mol. The molecule has 14 heteroatoms. The van der Waals surface area contributed by atoms with Gasteiger partial charge in [-0.1, -0.05) is 62.4 Å². The van der Waals surface area contributed by atoms with Crippen LogP contribution < -0.4 is 26.6 Å². The lowest BCUT2D eigenvalue weighted by Crippen LogP contribution is -2.59. The van der Waals surface area contributed by atoms with Gasteiger partial charge < -0.3 is 41.0 Å². The number of carbonyl (C=O) groups excluding carboxylic acids is 6. The molecule has 6 amide bonds. The number of carbonyl (C=O) groups is 6. The molecule has 0 bridgehead atoms.